The van der Waals surface area contributed by atoms with Gasteiger partial charge in [-0.15, -0.1) is 0 Å². The Bertz CT molecular complexity index is 1160. The maximum Gasteiger partial charge on any atom is 0.259 e. The lowest BCUT2D eigenvalue weighted by Gasteiger charge is -2.47. The first-order chi connectivity index (χ1) is 14.1. The highest BCUT2D eigenvalue weighted by molar-refractivity contribution is 9.10. The van der Waals surface area contributed by atoms with Gasteiger partial charge in [0, 0.05) is 32.6 Å². The number of anilines is 1. The molecule has 0 unspecified atom stereocenters. The van der Waals surface area contributed by atoms with Gasteiger partial charge in [0.1, 0.15) is 5.60 Å². The van der Waals surface area contributed by atoms with Crippen LogP contribution in [0.15, 0.2) is 75.7 Å². The molecule has 0 aliphatic carbocycles. The van der Waals surface area contributed by atoms with Crippen molar-refractivity contribution in [2.75, 3.05) is 11.5 Å². The van der Waals surface area contributed by atoms with Crippen LogP contribution in [0.4, 0.5) is 5.69 Å². The summed E-state index contributed by atoms with van der Waals surface area (Å²) in [6.07, 6.45) is 0.908. The quantitative estimate of drug-likeness (QED) is 0.389. The Kier molecular flexibility index (Phi) is 3.87. The molecule has 144 valence electrons. The first-order valence-electron chi connectivity index (χ1n) is 9.74. The fraction of sp³-hybridized carbons (Fsp3) is 0.208. The summed E-state index contributed by atoms with van der Waals surface area (Å²) in [6.45, 7) is 0.674. The van der Waals surface area contributed by atoms with Gasteiger partial charge < -0.3 is 9.64 Å². The Balaban J connectivity index is 1.68. The van der Waals surface area contributed by atoms with Crippen LogP contribution in [0.5, 0.6) is 0 Å². The summed E-state index contributed by atoms with van der Waals surface area (Å²) in [5.74, 6) is 0.239. The number of halogens is 2. The third kappa shape index (κ3) is 2.29. The molecule has 1 saturated heterocycles. The molecule has 3 aromatic rings. The Morgan fingerprint density at radius 2 is 1.72 bits per heavy atom. The summed E-state index contributed by atoms with van der Waals surface area (Å²) in [7, 11) is 0. The molecule has 1 fully saturated rings. The largest absolute Gasteiger partial charge is 0.365 e. The monoisotopic (exact) mass is 509 g/mol. The van der Waals surface area contributed by atoms with Crippen LogP contribution in [-0.2, 0) is 10.3 Å². The smallest absolute Gasteiger partial charge is 0.259 e. The molecule has 1 amide bonds. The molecule has 3 atom stereocenters. The van der Waals surface area contributed by atoms with Gasteiger partial charge in [-0.25, -0.2) is 0 Å². The van der Waals surface area contributed by atoms with Crippen LogP contribution in [-0.4, -0.2) is 12.5 Å². The molecule has 0 saturated carbocycles. The Morgan fingerprint density at radius 1 is 0.966 bits per heavy atom. The average Bonchev–Trinajstić information content (AvgIpc) is 3.30. The molecule has 0 spiro atoms. The normalized spacial score (nSPS) is 26.7. The van der Waals surface area contributed by atoms with Crippen LogP contribution in [0, 0.1) is 5.92 Å². The standard InChI is InChI=1S/C24H17Br2NO2/c25-15-7-5-14(6-8-15)24-19(11-12-29-24)22-17-3-1-2-4-18(17)23(28)27(22)21-10-9-16(26)13-20(21)24/h1-10,13,19,22H,11-12H2/t19-,22-,24-/m1/s1. The molecule has 3 nitrogen and oxygen atoms in total. The topological polar surface area (TPSA) is 29.5 Å². The first-order valence-corrected chi connectivity index (χ1v) is 11.3. The van der Waals surface area contributed by atoms with E-state index in [4.69, 9.17) is 4.74 Å². The van der Waals surface area contributed by atoms with Crippen LogP contribution < -0.4 is 4.90 Å². The minimum Gasteiger partial charge on any atom is -0.365 e. The number of benzene rings is 3. The fourth-order valence-corrected chi connectivity index (χ4v) is 6.11. The lowest BCUT2D eigenvalue weighted by molar-refractivity contribution is -0.000831. The molecule has 0 bridgehead atoms. The second-order valence-electron chi connectivity index (χ2n) is 7.85. The van der Waals surface area contributed by atoms with Crippen molar-refractivity contribution in [3.63, 3.8) is 0 Å². The predicted octanol–water partition coefficient (Wildman–Crippen LogP) is 6.21. The minimum atomic E-state index is -0.571. The van der Waals surface area contributed by atoms with Crippen molar-refractivity contribution >= 4 is 43.5 Å². The van der Waals surface area contributed by atoms with E-state index in [0.29, 0.717) is 6.61 Å². The molecule has 0 N–H and O–H groups in total. The maximum absolute atomic E-state index is 13.4. The van der Waals surface area contributed by atoms with Gasteiger partial charge in [0.2, 0.25) is 0 Å². The third-order valence-electron chi connectivity index (χ3n) is 6.56. The molecular weight excluding hydrogens is 494 g/mol. The Hall–Kier alpha value is -1.95. The molecule has 0 aromatic heterocycles. The van der Waals surface area contributed by atoms with Gasteiger partial charge in [0.15, 0.2) is 0 Å². The number of rotatable bonds is 1. The highest BCUT2D eigenvalue weighted by Crippen LogP contribution is 2.62. The number of hydrogen-bond donors (Lipinski definition) is 0. The zero-order valence-electron chi connectivity index (χ0n) is 15.4. The summed E-state index contributed by atoms with van der Waals surface area (Å²) in [6, 6.07) is 22.6. The van der Waals surface area contributed by atoms with Gasteiger partial charge in [-0.3, -0.25) is 4.79 Å². The number of fused-ring (bicyclic) bond motifs is 8. The highest BCUT2D eigenvalue weighted by atomic mass is 79.9. The second-order valence-corrected chi connectivity index (χ2v) is 9.69. The number of amides is 1. The molecule has 5 heteroatoms. The third-order valence-corrected chi connectivity index (χ3v) is 7.58. The summed E-state index contributed by atoms with van der Waals surface area (Å²) in [5.41, 5.74) is 4.50. The van der Waals surface area contributed by atoms with Gasteiger partial charge in [0.25, 0.3) is 5.91 Å². The van der Waals surface area contributed by atoms with Gasteiger partial charge in [-0.2, -0.15) is 0 Å². The van der Waals surface area contributed by atoms with Crippen LogP contribution in [0.1, 0.15) is 39.5 Å². The van der Waals surface area contributed by atoms with E-state index in [-0.39, 0.29) is 17.9 Å². The Labute approximate surface area is 185 Å². The number of ether oxygens (including phenoxy) is 1. The molecule has 3 aromatic carbocycles. The van der Waals surface area contributed by atoms with E-state index >= 15 is 0 Å². The zero-order valence-corrected chi connectivity index (χ0v) is 18.6. The number of carbonyl (C=O) groups excluding carboxylic acids is 1. The van der Waals surface area contributed by atoms with Crippen molar-refractivity contribution in [3.05, 3.63) is 97.9 Å². The predicted molar refractivity (Wildman–Crippen MR) is 119 cm³/mol. The van der Waals surface area contributed by atoms with Crippen LogP contribution in [0.25, 0.3) is 0 Å². The van der Waals surface area contributed by atoms with Crippen molar-refractivity contribution in [2.45, 2.75) is 18.1 Å². The van der Waals surface area contributed by atoms with Gasteiger partial charge in [-0.1, -0.05) is 62.2 Å². The maximum atomic E-state index is 13.4. The van der Waals surface area contributed by atoms with E-state index in [2.05, 4.69) is 74.3 Å². The molecule has 3 aliphatic rings. The van der Waals surface area contributed by atoms with E-state index < -0.39 is 5.60 Å². The molecule has 3 aliphatic heterocycles. The fourth-order valence-electron chi connectivity index (χ4n) is 5.48. The molecule has 29 heavy (non-hydrogen) atoms. The highest BCUT2D eigenvalue weighted by Gasteiger charge is 2.60. The van der Waals surface area contributed by atoms with Gasteiger partial charge in [0.05, 0.1) is 11.7 Å². The zero-order chi connectivity index (χ0) is 19.8. The summed E-state index contributed by atoms with van der Waals surface area (Å²) < 4.78 is 8.67. The second kappa shape index (κ2) is 6.27. The molecule has 3 heterocycles. The minimum absolute atomic E-state index is 0.0153. The van der Waals surface area contributed by atoms with Crippen molar-refractivity contribution in [1.82, 2.24) is 0 Å². The van der Waals surface area contributed by atoms with E-state index in [0.717, 1.165) is 43.3 Å². The van der Waals surface area contributed by atoms with Crippen LogP contribution >= 0.6 is 31.9 Å². The number of hydrogen-bond acceptors (Lipinski definition) is 2. The van der Waals surface area contributed by atoms with Crippen molar-refractivity contribution in [3.8, 4) is 0 Å². The van der Waals surface area contributed by atoms with Crippen LogP contribution in [0.3, 0.4) is 0 Å². The summed E-state index contributed by atoms with van der Waals surface area (Å²) >= 11 is 7.20. The van der Waals surface area contributed by atoms with Crippen molar-refractivity contribution in [2.24, 2.45) is 5.92 Å². The van der Waals surface area contributed by atoms with Crippen molar-refractivity contribution < 1.29 is 9.53 Å². The van der Waals surface area contributed by atoms with E-state index in [9.17, 15) is 4.79 Å². The lowest BCUT2D eigenvalue weighted by Crippen LogP contribution is -2.48. The van der Waals surface area contributed by atoms with Gasteiger partial charge in [-0.05, 0) is 53.9 Å². The van der Waals surface area contributed by atoms with E-state index in [1.54, 1.807) is 0 Å². The van der Waals surface area contributed by atoms with Crippen molar-refractivity contribution in [1.29, 1.82) is 0 Å². The lowest BCUT2D eigenvalue weighted by atomic mass is 9.68. The number of carbonyl (C=O) groups is 1. The van der Waals surface area contributed by atoms with Crippen LogP contribution in [0.2, 0.25) is 0 Å². The van der Waals surface area contributed by atoms with E-state index in [1.807, 2.05) is 29.2 Å². The average molecular weight is 511 g/mol. The Morgan fingerprint density at radius 3 is 2.55 bits per heavy atom. The number of nitrogens with zero attached hydrogens (tertiary/aromatic N) is 1. The SMILES string of the molecule is O=C1c2ccccc2[C@@H]2[C@H]3CCO[C@@]3(c3ccc(Br)cc3)c3cc(Br)ccc3N12. The molecule has 0 radical (unpaired) electrons. The van der Waals surface area contributed by atoms with Gasteiger partial charge >= 0.3 is 0 Å². The van der Waals surface area contributed by atoms with E-state index in [1.165, 1.54) is 0 Å². The first kappa shape index (κ1) is 17.9. The summed E-state index contributed by atoms with van der Waals surface area (Å²) in [5, 5.41) is 0. The molecule has 6 rings (SSSR count). The summed E-state index contributed by atoms with van der Waals surface area (Å²) in [4.78, 5) is 15.4. The molecular formula is C24H17Br2NO2.